The number of benzene rings is 1. The van der Waals surface area contributed by atoms with Gasteiger partial charge in [0.15, 0.2) is 0 Å². The number of carbonyl (C=O) groups excluding carboxylic acids is 1. The second-order valence-corrected chi connectivity index (χ2v) is 5.75. The Morgan fingerprint density at radius 3 is 2.38 bits per heavy atom. The molecule has 0 fully saturated rings. The van der Waals surface area contributed by atoms with Crippen LogP contribution in [0.2, 0.25) is 0 Å². The highest BCUT2D eigenvalue weighted by Crippen LogP contribution is 2.26. The highest BCUT2D eigenvalue weighted by molar-refractivity contribution is 7.99. The number of hydrogen-bond acceptors (Lipinski definition) is 3. The maximum absolute atomic E-state index is 12.2. The molecular formula is C16H21N3OS. The zero-order chi connectivity index (χ0) is 15.2. The monoisotopic (exact) mass is 303 g/mol. The lowest BCUT2D eigenvalue weighted by Crippen LogP contribution is -2.34. The molecule has 2 rings (SSSR count). The van der Waals surface area contributed by atoms with Crippen LogP contribution in [0.1, 0.15) is 26.3 Å². The van der Waals surface area contributed by atoms with E-state index in [1.54, 1.807) is 22.9 Å². The molecule has 1 aromatic heterocycles. The molecule has 5 heteroatoms. The lowest BCUT2D eigenvalue weighted by Gasteiger charge is -2.17. The van der Waals surface area contributed by atoms with Gasteiger partial charge in [0.05, 0.1) is 0 Å². The second kappa shape index (κ2) is 7.31. The number of carbonyl (C=O) groups is 1. The molecule has 0 aliphatic carbocycles. The fourth-order valence-corrected chi connectivity index (χ4v) is 2.79. The van der Waals surface area contributed by atoms with Gasteiger partial charge in [-0.1, -0.05) is 30.8 Å². The standard InChI is InChI=1S/C16H21N3OS/c1-4-13-7-9-14(10-8-13)21-15-11-12-19(17-15)16(20)18(5-2)6-3/h7-12H,4-6H2,1-3H3. The lowest BCUT2D eigenvalue weighted by molar-refractivity contribution is 0.201. The van der Waals surface area contributed by atoms with E-state index >= 15 is 0 Å². The summed E-state index contributed by atoms with van der Waals surface area (Å²) in [4.78, 5) is 15.1. The van der Waals surface area contributed by atoms with E-state index in [9.17, 15) is 4.79 Å². The summed E-state index contributed by atoms with van der Waals surface area (Å²) in [5, 5.41) is 5.19. The fraction of sp³-hybridized carbons (Fsp3) is 0.375. The molecule has 0 radical (unpaired) electrons. The first-order valence-corrected chi connectivity index (χ1v) is 8.11. The van der Waals surface area contributed by atoms with Crippen molar-refractivity contribution in [2.24, 2.45) is 0 Å². The molecule has 0 bridgehead atoms. The van der Waals surface area contributed by atoms with E-state index in [1.807, 2.05) is 19.9 Å². The first-order chi connectivity index (χ1) is 10.2. The molecule has 0 saturated heterocycles. The summed E-state index contributed by atoms with van der Waals surface area (Å²) in [6.07, 6.45) is 2.77. The summed E-state index contributed by atoms with van der Waals surface area (Å²) in [5.74, 6) is 0. The van der Waals surface area contributed by atoms with Gasteiger partial charge in [-0.25, -0.2) is 4.79 Å². The van der Waals surface area contributed by atoms with Crippen molar-refractivity contribution in [1.29, 1.82) is 0 Å². The molecule has 0 unspecified atom stereocenters. The Morgan fingerprint density at radius 2 is 1.81 bits per heavy atom. The average Bonchev–Trinajstić information content (AvgIpc) is 2.97. The van der Waals surface area contributed by atoms with Crippen LogP contribution in [0.3, 0.4) is 0 Å². The van der Waals surface area contributed by atoms with E-state index < -0.39 is 0 Å². The molecule has 0 saturated carbocycles. The fourth-order valence-electron chi connectivity index (χ4n) is 2.02. The summed E-state index contributed by atoms with van der Waals surface area (Å²) in [7, 11) is 0. The third-order valence-corrected chi connectivity index (χ3v) is 4.28. The van der Waals surface area contributed by atoms with Crippen molar-refractivity contribution < 1.29 is 4.79 Å². The van der Waals surface area contributed by atoms with Crippen LogP contribution >= 0.6 is 11.8 Å². The van der Waals surface area contributed by atoms with E-state index in [0.29, 0.717) is 13.1 Å². The summed E-state index contributed by atoms with van der Waals surface area (Å²) in [5.41, 5.74) is 1.32. The minimum Gasteiger partial charge on any atom is -0.323 e. The maximum atomic E-state index is 12.2. The number of aryl methyl sites for hydroxylation is 1. The quantitative estimate of drug-likeness (QED) is 0.840. The third kappa shape index (κ3) is 3.88. The minimum absolute atomic E-state index is 0.0758. The van der Waals surface area contributed by atoms with Crippen LogP contribution in [0.4, 0.5) is 4.79 Å². The predicted octanol–water partition coefficient (Wildman–Crippen LogP) is 3.91. The third-order valence-electron chi connectivity index (χ3n) is 3.35. The summed E-state index contributed by atoms with van der Waals surface area (Å²) in [6.45, 7) is 7.46. The van der Waals surface area contributed by atoms with Crippen molar-refractivity contribution in [2.75, 3.05) is 13.1 Å². The van der Waals surface area contributed by atoms with Gasteiger partial charge in [-0.2, -0.15) is 9.78 Å². The molecule has 0 atom stereocenters. The molecule has 0 aliphatic heterocycles. The molecule has 1 amide bonds. The van der Waals surface area contributed by atoms with E-state index in [0.717, 1.165) is 16.3 Å². The minimum atomic E-state index is -0.0758. The zero-order valence-corrected chi connectivity index (χ0v) is 13.6. The molecule has 0 aliphatic rings. The van der Waals surface area contributed by atoms with Gasteiger partial charge >= 0.3 is 6.03 Å². The Morgan fingerprint density at radius 1 is 1.14 bits per heavy atom. The van der Waals surface area contributed by atoms with Crippen LogP contribution in [0, 0.1) is 0 Å². The molecule has 21 heavy (non-hydrogen) atoms. The van der Waals surface area contributed by atoms with Gasteiger partial charge < -0.3 is 4.90 Å². The molecular weight excluding hydrogens is 282 g/mol. The van der Waals surface area contributed by atoms with Crippen molar-refractivity contribution in [3.63, 3.8) is 0 Å². The average molecular weight is 303 g/mol. The Hall–Kier alpha value is -1.75. The van der Waals surface area contributed by atoms with Crippen LogP contribution in [-0.4, -0.2) is 33.8 Å². The summed E-state index contributed by atoms with van der Waals surface area (Å²) in [6, 6.07) is 10.2. The van der Waals surface area contributed by atoms with Crippen molar-refractivity contribution in [2.45, 2.75) is 37.1 Å². The predicted molar refractivity (Wildman–Crippen MR) is 85.9 cm³/mol. The Kier molecular flexibility index (Phi) is 5.44. The smallest absolute Gasteiger partial charge is 0.323 e. The van der Waals surface area contributed by atoms with Gasteiger partial charge in [-0.15, -0.1) is 0 Å². The molecule has 0 spiro atoms. The molecule has 1 aromatic carbocycles. The van der Waals surface area contributed by atoms with E-state index in [2.05, 4.69) is 36.3 Å². The molecule has 1 heterocycles. The molecule has 0 N–H and O–H groups in total. The highest BCUT2D eigenvalue weighted by Gasteiger charge is 2.13. The Balaban J connectivity index is 2.07. The first-order valence-electron chi connectivity index (χ1n) is 7.29. The van der Waals surface area contributed by atoms with E-state index in [4.69, 9.17) is 0 Å². The molecule has 2 aromatic rings. The second-order valence-electron chi connectivity index (χ2n) is 4.65. The normalized spacial score (nSPS) is 10.6. The number of hydrogen-bond donors (Lipinski definition) is 0. The highest BCUT2D eigenvalue weighted by atomic mass is 32.2. The van der Waals surface area contributed by atoms with Crippen LogP contribution in [0.5, 0.6) is 0 Å². The van der Waals surface area contributed by atoms with Crippen molar-refractivity contribution in [3.05, 3.63) is 42.1 Å². The van der Waals surface area contributed by atoms with Gasteiger partial charge in [-0.05, 0) is 44.0 Å². The largest absolute Gasteiger partial charge is 0.344 e. The first kappa shape index (κ1) is 15.6. The summed E-state index contributed by atoms with van der Waals surface area (Å²) < 4.78 is 1.41. The number of aromatic nitrogens is 2. The topological polar surface area (TPSA) is 38.1 Å². The van der Waals surface area contributed by atoms with E-state index in [1.165, 1.54) is 10.2 Å². The SMILES string of the molecule is CCc1ccc(Sc2ccn(C(=O)N(CC)CC)n2)cc1. The van der Waals surface area contributed by atoms with Gasteiger partial charge in [0.25, 0.3) is 0 Å². The number of amides is 1. The van der Waals surface area contributed by atoms with Crippen molar-refractivity contribution in [3.8, 4) is 0 Å². The maximum Gasteiger partial charge on any atom is 0.344 e. The van der Waals surface area contributed by atoms with Crippen LogP contribution in [0.15, 0.2) is 46.5 Å². The van der Waals surface area contributed by atoms with Gasteiger partial charge in [0, 0.05) is 24.2 Å². The van der Waals surface area contributed by atoms with Crippen LogP contribution in [0.25, 0.3) is 0 Å². The number of nitrogens with zero attached hydrogens (tertiary/aromatic N) is 3. The Bertz CT molecular complexity index is 588. The van der Waals surface area contributed by atoms with Gasteiger partial charge in [0.1, 0.15) is 5.03 Å². The van der Waals surface area contributed by atoms with Crippen LogP contribution < -0.4 is 0 Å². The number of rotatable bonds is 5. The molecule has 4 nitrogen and oxygen atoms in total. The zero-order valence-electron chi connectivity index (χ0n) is 12.7. The van der Waals surface area contributed by atoms with Crippen molar-refractivity contribution >= 4 is 17.8 Å². The van der Waals surface area contributed by atoms with E-state index in [-0.39, 0.29) is 6.03 Å². The summed E-state index contributed by atoms with van der Waals surface area (Å²) >= 11 is 1.57. The Labute approximate surface area is 130 Å². The van der Waals surface area contributed by atoms with Gasteiger partial charge in [0.2, 0.25) is 0 Å². The molecule has 112 valence electrons. The lowest BCUT2D eigenvalue weighted by atomic mass is 10.2. The van der Waals surface area contributed by atoms with Gasteiger partial charge in [-0.3, -0.25) is 0 Å². The van der Waals surface area contributed by atoms with Crippen molar-refractivity contribution in [1.82, 2.24) is 14.7 Å². The van der Waals surface area contributed by atoms with Crippen LogP contribution in [-0.2, 0) is 6.42 Å².